The number of carbonyl (C=O) groups is 1. The zero-order valence-corrected chi connectivity index (χ0v) is 17.5. The van der Waals surface area contributed by atoms with Gasteiger partial charge in [0.2, 0.25) is 5.78 Å². The summed E-state index contributed by atoms with van der Waals surface area (Å²) in [6.45, 7) is 2.24. The Morgan fingerprint density at radius 2 is 2.03 bits per heavy atom. The van der Waals surface area contributed by atoms with E-state index in [-0.39, 0.29) is 5.69 Å². The molecule has 1 atom stereocenters. The molecule has 5 nitrogen and oxygen atoms in total. The molecule has 1 unspecified atom stereocenters. The lowest BCUT2D eigenvalue weighted by Gasteiger charge is -2.16. The molecule has 0 fully saturated rings. The Morgan fingerprint density at radius 1 is 1.20 bits per heavy atom. The van der Waals surface area contributed by atoms with Gasteiger partial charge in [-0.25, -0.2) is 14.8 Å². The van der Waals surface area contributed by atoms with E-state index in [2.05, 4.69) is 42.3 Å². The van der Waals surface area contributed by atoms with Crippen molar-refractivity contribution in [2.45, 2.75) is 39.0 Å². The highest BCUT2D eigenvalue weighted by Gasteiger charge is 2.17. The first-order valence-electron chi connectivity index (χ1n) is 10.6. The average Bonchev–Trinajstić information content (AvgIpc) is 3.18. The van der Waals surface area contributed by atoms with Gasteiger partial charge in [0.15, 0.2) is 5.69 Å². The molecule has 2 heterocycles. The first kappa shape index (κ1) is 20.1. The molecular formula is C25H27N3O2. The van der Waals surface area contributed by atoms with Crippen LogP contribution in [0, 0.1) is 5.92 Å². The van der Waals surface area contributed by atoms with Crippen LogP contribution in [-0.2, 0) is 4.74 Å². The summed E-state index contributed by atoms with van der Waals surface area (Å²) >= 11 is 0. The number of aromatic nitrogens is 3. The van der Waals surface area contributed by atoms with E-state index in [0.717, 1.165) is 28.8 Å². The lowest BCUT2D eigenvalue weighted by molar-refractivity contribution is 0.0595. The maximum atomic E-state index is 12.0. The van der Waals surface area contributed by atoms with Crippen molar-refractivity contribution in [3.8, 4) is 11.1 Å². The third-order valence-electron chi connectivity index (χ3n) is 5.55. The molecule has 30 heavy (non-hydrogen) atoms. The average molecular weight is 402 g/mol. The molecule has 2 aromatic heterocycles. The van der Waals surface area contributed by atoms with E-state index in [4.69, 9.17) is 9.72 Å². The highest BCUT2D eigenvalue weighted by Crippen LogP contribution is 2.31. The molecule has 0 saturated carbocycles. The van der Waals surface area contributed by atoms with Crippen LogP contribution in [0.1, 0.15) is 55.2 Å². The zero-order chi connectivity index (χ0) is 20.9. The summed E-state index contributed by atoms with van der Waals surface area (Å²) in [6, 6.07) is 10.2. The quantitative estimate of drug-likeness (QED) is 0.513. The minimum atomic E-state index is -0.462. The van der Waals surface area contributed by atoms with Gasteiger partial charge in [0.1, 0.15) is 0 Å². The van der Waals surface area contributed by atoms with Crippen LogP contribution in [-0.4, -0.2) is 27.4 Å². The molecule has 5 heteroatoms. The van der Waals surface area contributed by atoms with Crippen molar-refractivity contribution in [1.29, 1.82) is 0 Å². The minimum Gasteiger partial charge on any atom is -0.464 e. The number of methoxy groups -OCH3 is 1. The second-order valence-electron chi connectivity index (χ2n) is 7.69. The molecular weight excluding hydrogens is 374 g/mol. The summed E-state index contributed by atoms with van der Waals surface area (Å²) in [7, 11) is 1.36. The molecule has 4 rings (SSSR count). The first-order valence-corrected chi connectivity index (χ1v) is 10.6. The predicted molar refractivity (Wildman–Crippen MR) is 119 cm³/mol. The van der Waals surface area contributed by atoms with Gasteiger partial charge >= 0.3 is 5.97 Å². The summed E-state index contributed by atoms with van der Waals surface area (Å²) < 4.78 is 6.62. The number of rotatable bonds is 5. The Labute approximate surface area is 177 Å². The van der Waals surface area contributed by atoms with Crippen molar-refractivity contribution in [3.63, 3.8) is 0 Å². The van der Waals surface area contributed by atoms with Gasteiger partial charge in [-0.2, -0.15) is 0 Å². The number of hydrogen-bond acceptors (Lipinski definition) is 4. The van der Waals surface area contributed by atoms with Crippen molar-refractivity contribution in [2.24, 2.45) is 5.92 Å². The van der Waals surface area contributed by atoms with Gasteiger partial charge in [-0.05, 0) is 42.7 Å². The zero-order valence-electron chi connectivity index (χ0n) is 17.5. The molecule has 0 N–H and O–H groups in total. The van der Waals surface area contributed by atoms with E-state index >= 15 is 0 Å². The Bertz CT molecular complexity index is 1100. The summed E-state index contributed by atoms with van der Waals surface area (Å²) in [4.78, 5) is 21.2. The van der Waals surface area contributed by atoms with Crippen LogP contribution < -0.4 is 0 Å². The standard InChI is InChI=1S/C25H27N3O2/c1-3-9-18-10-7-8-13-20(15-14-18)23-21(19-11-5-4-6-12-19)16-28-17-22(24(29)30-2)26-25(28)27-23/h4-6,11-18H,3,7-10H2,1-2H3/b15-14-,20-13+. The monoisotopic (exact) mass is 401 g/mol. The van der Waals surface area contributed by atoms with Crippen LogP contribution in [0.2, 0.25) is 0 Å². The van der Waals surface area contributed by atoms with Crippen LogP contribution in [0.4, 0.5) is 0 Å². The fourth-order valence-corrected chi connectivity index (χ4v) is 4.00. The number of imidazole rings is 1. The van der Waals surface area contributed by atoms with Crippen LogP contribution >= 0.6 is 0 Å². The number of benzene rings is 1. The smallest absolute Gasteiger partial charge is 0.358 e. The van der Waals surface area contributed by atoms with E-state index in [1.807, 2.05) is 24.4 Å². The number of hydrogen-bond donors (Lipinski definition) is 0. The number of esters is 1. The number of ether oxygens (including phenoxy) is 1. The Hall–Kier alpha value is -3.21. The molecule has 0 aliphatic heterocycles. The maximum absolute atomic E-state index is 12.0. The number of fused-ring (bicyclic) bond motifs is 1. The molecule has 0 bridgehead atoms. The van der Waals surface area contributed by atoms with E-state index < -0.39 is 5.97 Å². The molecule has 1 aromatic carbocycles. The topological polar surface area (TPSA) is 56.5 Å². The fourth-order valence-electron chi connectivity index (χ4n) is 4.00. The largest absolute Gasteiger partial charge is 0.464 e. The van der Waals surface area contributed by atoms with E-state index in [9.17, 15) is 4.79 Å². The maximum Gasteiger partial charge on any atom is 0.358 e. The Kier molecular flexibility index (Phi) is 6.07. The van der Waals surface area contributed by atoms with Gasteiger partial charge in [-0.3, -0.25) is 4.40 Å². The van der Waals surface area contributed by atoms with Gasteiger partial charge in [-0.15, -0.1) is 0 Å². The van der Waals surface area contributed by atoms with Gasteiger partial charge < -0.3 is 4.74 Å². The number of allylic oxidation sites excluding steroid dienone is 4. The van der Waals surface area contributed by atoms with Crippen molar-refractivity contribution in [3.05, 3.63) is 72.3 Å². The fraction of sp³-hybridized carbons (Fsp3) is 0.320. The molecule has 1 aliphatic rings. The molecule has 3 aromatic rings. The van der Waals surface area contributed by atoms with Crippen LogP contribution in [0.3, 0.4) is 0 Å². The number of nitrogens with zero attached hydrogens (tertiary/aromatic N) is 3. The van der Waals surface area contributed by atoms with Crippen LogP contribution in [0.15, 0.2) is 61.0 Å². The van der Waals surface area contributed by atoms with Crippen molar-refractivity contribution in [2.75, 3.05) is 7.11 Å². The first-order chi connectivity index (χ1) is 14.7. The second-order valence-corrected chi connectivity index (χ2v) is 7.69. The molecule has 1 aliphatic carbocycles. The van der Waals surface area contributed by atoms with Crippen molar-refractivity contribution in [1.82, 2.24) is 14.4 Å². The molecule has 0 spiro atoms. The highest BCUT2D eigenvalue weighted by atomic mass is 16.5. The normalized spacial score (nSPS) is 19.5. The highest BCUT2D eigenvalue weighted by molar-refractivity contribution is 5.88. The summed E-state index contributed by atoms with van der Waals surface area (Å²) in [5.41, 5.74) is 4.35. The van der Waals surface area contributed by atoms with E-state index in [1.54, 1.807) is 10.6 Å². The van der Waals surface area contributed by atoms with Gasteiger partial charge in [-0.1, -0.05) is 61.9 Å². The summed E-state index contributed by atoms with van der Waals surface area (Å²) in [5, 5.41) is 0. The van der Waals surface area contributed by atoms with Crippen LogP contribution in [0.25, 0.3) is 22.5 Å². The van der Waals surface area contributed by atoms with Gasteiger partial charge in [0.05, 0.1) is 12.8 Å². The van der Waals surface area contributed by atoms with Gasteiger partial charge in [0.25, 0.3) is 0 Å². The van der Waals surface area contributed by atoms with Crippen molar-refractivity contribution < 1.29 is 9.53 Å². The molecule has 0 radical (unpaired) electrons. The second kappa shape index (κ2) is 9.08. The molecule has 0 amide bonds. The summed E-state index contributed by atoms with van der Waals surface area (Å²) in [5.74, 6) is 0.641. The number of carbonyl (C=O) groups excluding carboxylic acids is 1. The lowest BCUT2D eigenvalue weighted by Crippen LogP contribution is -2.02. The third kappa shape index (κ3) is 4.20. The van der Waals surface area contributed by atoms with E-state index in [0.29, 0.717) is 11.7 Å². The Balaban J connectivity index is 1.86. The summed E-state index contributed by atoms with van der Waals surface area (Å²) in [6.07, 6.45) is 16.3. The lowest BCUT2D eigenvalue weighted by atomic mass is 9.91. The minimum absolute atomic E-state index is 0.256. The molecule has 154 valence electrons. The van der Waals surface area contributed by atoms with E-state index in [1.165, 1.54) is 32.8 Å². The van der Waals surface area contributed by atoms with Crippen LogP contribution in [0.5, 0.6) is 0 Å². The third-order valence-corrected chi connectivity index (χ3v) is 5.55. The van der Waals surface area contributed by atoms with Crippen molar-refractivity contribution >= 4 is 17.3 Å². The molecule has 0 saturated heterocycles. The SMILES string of the molecule is CCCC1/C=C\C(c2nc3nc(C(=O)OC)cn3cc2-c2ccccc2)=C/CCC1. The Morgan fingerprint density at radius 3 is 2.80 bits per heavy atom. The van der Waals surface area contributed by atoms with Gasteiger partial charge in [0, 0.05) is 18.0 Å². The predicted octanol–water partition coefficient (Wildman–Crippen LogP) is 5.72.